The van der Waals surface area contributed by atoms with Gasteiger partial charge in [-0.3, -0.25) is 5.10 Å². The second kappa shape index (κ2) is 8.27. The van der Waals surface area contributed by atoms with Crippen LogP contribution in [0.15, 0.2) is 66.7 Å². The molecular weight excluding hydrogens is 418 g/mol. The number of nitrogens with one attached hydrogen (secondary N) is 1. The molecule has 7 heteroatoms. The third-order valence-electron chi connectivity index (χ3n) is 5.71. The number of hydrogen-bond acceptors (Lipinski definition) is 5. The minimum atomic E-state index is -0.972. The lowest BCUT2D eigenvalue weighted by Crippen LogP contribution is -1.97. The maximum atomic E-state index is 11.3. The van der Waals surface area contributed by atoms with Gasteiger partial charge in [0, 0.05) is 22.8 Å². The van der Waals surface area contributed by atoms with Crippen LogP contribution in [0.3, 0.4) is 0 Å². The highest BCUT2D eigenvalue weighted by Gasteiger charge is 2.19. The Morgan fingerprint density at radius 1 is 0.939 bits per heavy atom. The average molecular weight is 439 g/mol. The summed E-state index contributed by atoms with van der Waals surface area (Å²) in [4.78, 5) is 16.2. The number of hydrogen-bond donors (Lipinski definition) is 2. The number of aromatic nitrogens is 3. The molecule has 0 bridgehead atoms. The fourth-order valence-corrected chi connectivity index (χ4v) is 4.09. The molecule has 7 nitrogen and oxygen atoms in total. The van der Waals surface area contributed by atoms with E-state index in [1.807, 2.05) is 30.3 Å². The van der Waals surface area contributed by atoms with Gasteiger partial charge in [-0.15, -0.1) is 0 Å². The fourth-order valence-electron chi connectivity index (χ4n) is 4.09. The standard InChI is InChI=1S/C26H21N3O4/c1-32-21-13-18-19(14-22(21)33-2)24(16-8-10-17(11-9-16)26(30)31)27-25-23(18)20(28-29-25)12-15-6-4-3-5-7-15/h3-11,13-14H,12H2,1-2H3,(H,30,31)(H,27,28,29). The Morgan fingerprint density at radius 3 is 2.24 bits per heavy atom. The van der Waals surface area contributed by atoms with Gasteiger partial charge in [-0.2, -0.15) is 5.10 Å². The van der Waals surface area contributed by atoms with E-state index in [0.29, 0.717) is 29.3 Å². The van der Waals surface area contributed by atoms with E-state index in [4.69, 9.17) is 14.5 Å². The van der Waals surface area contributed by atoms with Crippen LogP contribution >= 0.6 is 0 Å². The van der Waals surface area contributed by atoms with E-state index in [0.717, 1.165) is 33.0 Å². The third-order valence-corrected chi connectivity index (χ3v) is 5.71. The third kappa shape index (κ3) is 3.63. The lowest BCUT2D eigenvalue weighted by atomic mass is 9.98. The van der Waals surface area contributed by atoms with Crippen molar-refractivity contribution >= 4 is 27.8 Å². The van der Waals surface area contributed by atoms with Gasteiger partial charge in [0.2, 0.25) is 0 Å². The number of rotatable bonds is 6. The number of carbonyl (C=O) groups is 1. The van der Waals surface area contributed by atoms with Crippen molar-refractivity contribution < 1.29 is 19.4 Å². The van der Waals surface area contributed by atoms with Crippen molar-refractivity contribution in [1.29, 1.82) is 0 Å². The van der Waals surface area contributed by atoms with Crippen LogP contribution < -0.4 is 9.47 Å². The highest BCUT2D eigenvalue weighted by Crippen LogP contribution is 2.40. The molecule has 0 aliphatic carbocycles. The molecule has 0 saturated heterocycles. The summed E-state index contributed by atoms with van der Waals surface area (Å²) in [5, 5.41) is 19.6. The SMILES string of the molecule is COc1cc2c(-c3ccc(C(=O)O)cc3)nc3[nH]nc(Cc4ccccc4)c3c2cc1OC. The molecule has 33 heavy (non-hydrogen) atoms. The minimum absolute atomic E-state index is 0.218. The van der Waals surface area contributed by atoms with Crippen molar-refractivity contribution in [2.75, 3.05) is 14.2 Å². The molecule has 0 fully saturated rings. The number of carboxylic acid groups (broad SMARTS) is 1. The second-order valence-corrected chi connectivity index (χ2v) is 7.65. The van der Waals surface area contributed by atoms with Gasteiger partial charge in [-0.25, -0.2) is 9.78 Å². The Hall–Kier alpha value is -4.39. The van der Waals surface area contributed by atoms with E-state index in [9.17, 15) is 9.90 Å². The summed E-state index contributed by atoms with van der Waals surface area (Å²) >= 11 is 0. The summed E-state index contributed by atoms with van der Waals surface area (Å²) in [6, 6.07) is 20.6. The normalized spacial score (nSPS) is 11.1. The molecule has 2 aromatic heterocycles. The first kappa shape index (κ1) is 20.5. The first-order valence-corrected chi connectivity index (χ1v) is 10.4. The van der Waals surface area contributed by atoms with E-state index in [1.165, 1.54) is 0 Å². The fraction of sp³-hybridized carbons (Fsp3) is 0.115. The van der Waals surface area contributed by atoms with E-state index in [1.54, 1.807) is 38.5 Å². The predicted octanol–water partition coefficient (Wildman–Crippen LogP) is 5.08. The van der Waals surface area contributed by atoms with Crippen LogP contribution in [-0.2, 0) is 6.42 Å². The molecule has 0 amide bonds. The van der Waals surface area contributed by atoms with E-state index >= 15 is 0 Å². The molecule has 0 radical (unpaired) electrons. The molecule has 0 aliphatic heterocycles. The quantitative estimate of drug-likeness (QED) is 0.383. The van der Waals surface area contributed by atoms with Crippen LogP contribution in [-0.4, -0.2) is 40.5 Å². The number of ether oxygens (including phenoxy) is 2. The van der Waals surface area contributed by atoms with Crippen molar-refractivity contribution in [2.24, 2.45) is 0 Å². The Bertz CT molecular complexity index is 1480. The van der Waals surface area contributed by atoms with Crippen LogP contribution in [0.4, 0.5) is 0 Å². The van der Waals surface area contributed by atoms with Crippen molar-refractivity contribution in [3.05, 3.63) is 83.6 Å². The van der Waals surface area contributed by atoms with Gasteiger partial charge in [0.25, 0.3) is 0 Å². The molecule has 0 unspecified atom stereocenters. The van der Waals surface area contributed by atoms with E-state index in [2.05, 4.69) is 22.3 Å². The number of benzene rings is 3. The molecule has 2 N–H and O–H groups in total. The molecule has 5 aromatic rings. The van der Waals surface area contributed by atoms with Crippen molar-refractivity contribution in [2.45, 2.75) is 6.42 Å². The highest BCUT2D eigenvalue weighted by molar-refractivity contribution is 6.12. The van der Waals surface area contributed by atoms with Crippen molar-refractivity contribution in [1.82, 2.24) is 15.2 Å². The molecule has 2 heterocycles. The lowest BCUT2D eigenvalue weighted by molar-refractivity contribution is 0.0697. The number of pyridine rings is 1. The highest BCUT2D eigenvalue weighted by atomic mass is 16.5. The smallest absolute Gasteiger partial charge is 0.335 e. The van der Waals surface area contributed by atoms with Gasteiger partial charge in [-0.1, -0.05) is 42.5 Å². The lowest BCUT2D eigenvalue weighted by Gasteiger charge is -2.13. The van der Waals surface area contributed by atoms with Crippen LogP contribution in [0.25, 0.3) is 33.1 Å². The Labute approximate surface area is 189 Å². The number of methoxy groups -OCH3 is 2. The summed E-state index contributed by atoms with van der Waals surface area (Å²) in [6.45, 7) is 0. The molecular formula is C26H21N3O4. The summed E-state index contributed by atoms with van der Waals surface area (Å²) in [5.41, 5.74) is 4.39. The summed E-state index contributed by atoms with van der Waals surface area (Å²) in [6.07, 6.45) is 0.651. The first-order chi connectivity index (χ1) is 16.1. The van der Waals surface area contributed by atoms with E-state index < -0.39 is 5.97 Å². The Kier molecular flexibility index (Phi) is 5.14. The molecule has 164 valence electrons. The summed E-state index contributed by atoms with van der Waals surface area (Å²) in [5.74, 6) is 0.222. The van der Waals surface area contributed by atoms with Crippen molar-refractivity contribution in [3.63, 3.8) is 0 Å². The van der Waals surface area contributed by atoms with E-state index in [-0.39, 0.29) is 5.56 Å². The van der Waals surface area contributed by atoms with Gasteiger partial charge in [-0.05, 0) is 29.8 Å². The molecule has 0 atom stereocenters. The second-order valence-electron chi connectivity index (χ2n) is 7.65. The topological polar surface area (TPSA) is 97.3 Å². The Morgan fingerprint density at radius 2 is 1.61 bits per heavy atom. The van der Waals surface area contributed by atoms with Gasteiger partial charge in [0.1, 0.15) is 0 Å². The maximum absolute atomic E-state index is 11.3. The van der Waals surface area contributed by atoms with Crippen LogP contribution in [0.1, 0.15) is 21.6 Å². The Balaban J connectivity index is 1.78. The van der Waals surface area contributed by atoms with Crippen LogP contribution in [0.5, 0.6) is 11.5 Å². The zero-order valence-electron chi connectivity index (χ0n) is 18.1. The number of aromatic carboxylic acids is 1. The number of nitrogens with zero attached hydrogens (tertiary/aromatic N) is 2. The number of H-pyrrole nitrogens is 1. The van der Waals surface area contributed by atoms with Crippen LogP contribution in [0.2, 0.25) is 0 Å². The molecule has 3 aromatic carbocycles. The molecule has 0 spiro atoms. The maximum Gasteiger partial charge on any atom is 0.335 e. The van der Waals surface area contributed by atoms with Crippen LogP contribution in [0, 0.1) is 0 Å². The number of aromatic amines is 1. The zero-order chi connectivity index (χ0) is 22.9. The minimum Gasteiger partial charge on any atom is -0.493 e. The van der Waals surface area contributed by atoms with Gasteiger partial charge in [0.15, 0.2) is 17.1 Å². The number of fused-ring (bicyclic) bond motifs is 3. The first-order valence-electron chi connectivity index (χ1n) is 10.4. The summed E-state index contributed by atoms with van der Waals surface area (Å²) in [7, 11) is 3.20. The largest absolute Gasteiger partial charge is 0.493 e. The van der Waals surface area contributed by atoms with Gasteiger partial charge in [0.05, 0.1) is 36.6 Å². The van der Waals surface area contributed by atoms with Gasteiger partial charge < -0.3 is 14.6 Å². The monoisotopic (exact) mass is 439 g/mol. The predicted molar refractivity (Wildman–Crippen MR) is 126 cm³/mol. The average Bonchev–Trinajstić information content (AvgIpc) is 3.25. The van der Waals surface area contributed by atoms with Gasteiger partial charge >= 0.3 is 5.97 Å². The zero-order valence-corrected chi connectivity index (χ0v) is 18.1. The molecule has 0 aliphatic rings. The molecule has 5 rings (SSSR count). The van der Waals surface area contributed by atoms with Crippen molar-refractivity contribution in [3.8, 4) is 22.8 Å². The molecule has 0 saturated carbocycles. The summed E-state index contributed by atoms with van der Waals surface area (Å²) < 4.78 is 11.1. The number of carboxylic acids is 1.